The van der Waals surface area contributed by atoms with Crippen molar-refractivity contribution in [2.24, 2.45) is 10.2 Å². The first-order valence-corrected chi connectivity index (χ1v) is 10.8. The molecule has 0 radical (unpaired) electrons. The van der Waals surface area contributed by atoms with E-state index in [0.717, 1.165) is 15.7 Å². The van der Waals surface area contributed by atoms with E-state index in [4.69, 9.17) is 5.11 Å². The number of hydrogen-bond acceptors (Lipinski definition) is 8. The molecular formula is C21H21BrN8O2. The molecule has 0 fully saturated rings. The molecule has 1 N–H and O–H groups in total. The molecule has 0 amide bonds. The lowest BCUT2D eigenvalue weighted by molar-refractivity contribution is -0.138. The summed E-state index contributed by atoms with van der Waals surface area (Å²) in [6.07, 6.45) is 3.09. The highest BCUT2D eigenvalue weighted by atomic mass is 79.9. The molecule has 0 atom stereocenters. The van der Waals surface area contributed by atoms with Crippen molar-refractivity contribution in [2.45, 2.75) is 33.2 Å². The van der Waals surface area contributed by atoms with Crippen molar-refractivity contribution >= 4 is 33.3 Å². The summed E-state index contributed by atoms with van der Waals surface area (Å²) in [4.78, 5) is 11.1. The van der Waals surface area contributed by atoms with Gasteiger partial charge in [0.1, 0.15) is 17.1 Å². The molecular weight excluding hydrogens is 476 g/mol. The fourth-order valence-electron chi connectivity index (χ4n) is 3.24. The predicted octanol–water partition coefficient (Wildman–Crippen LogP) is 3.11. The third-order valence-corrected chi connectivity index (χ3v) is 5.59. The van der Waals surface area contributed by atoms with Crippen molar-refractivity contribution in [1.29, 1.82) is 0 Å². The maximum Gasteiger partial charge on any atom is 0.327 e. The van der Waals surface area contributed by atoms with Gasteiger partial charge in [-0.25, -0.2) is 4.68 Å². The number of rotatable bonds is 6. The van der Waals surface area contributed by atoms with E-state index in [9.17, 15) is 4.79 Å². The molecule has 0 unspecified atom stereocenters. The molecule has 3 aromatic rings. The lowest BCUT2D eigenvalue weighted by Crippen LogP contribution is -2.21. The Kier molecular flexibility index (Phi) is 6.35. The fourth-order valence-corrected chi connectivity index (χ4v) is 3.62. The van der Waals surface area contributed by atoms with E-state index in [0.29, 0.717) is 42.2 Å². The van der Waals surface area contributed by atoms with Gasteiger partial charge in [0, 0.05) is 10.2 Å². The molecule has 1 aromatic carbocycles. The van der Waals surface area contributed by atoms with Crippen molar-refractivity contribution in [1.82, 2.24) is 30.3 Å². The minimum atomic E-state index is -1.01. The summed E-state index contributed by atoms with van der Waals surface area (Å²) in [5, 5.41) is 35.8. The standard InChI is InChI=1S/C21H21BrN8O2/c1-13-3-5-16(22)15(9-13)10-29-11-20(25-28-29)18-8-7-17(23-24-18)19-6-4-14(2)26-30(27-19)12-21(31)32/h3,5,7-9,11H,4,6,10,12H2,1-2H3,(H,31,32). The molecule has 0 spiro atoms. The number of aromatic nitrogens is 5. The molecule has 4 rings (SSSR count). The van der Waals surface area contributed by atoms with Crippen LogP contribution in [0, 0.1) is 6.92 Å². The Morgan fingerprint density at radius 1 is 1.03 bits per heavy atom. The third-order valence-electron chi connectivity index (χ3n) is 4.82. The number of carboxylic acids is 1. The zero-order valence-corrected chi connectivity index (χ0v) is 19.2. The van der Waals surface area contributed by atoms with Crippen LogP contribution in [0.5, 0.6) is 0 Å². The van der Waals surface area contributed by atoms with E-state index >= 15 is 0 Å². The highest BCUT2D eigenvalue weighted by Gasteiger charge is 2.17. The predicted molar refractivity (Wildman–Crippen MR) is 122 cm³/mol. The first kappa shape index (κ1) is 21.8. The molecule has 164 valence electrons. The van der Waals surface area contributed by atoms with Gasteiger partial charge in [-0.1, -0.05) is 38.8 Å². The Bertz CT molecular complexity index is 1200. The molecule has 0 saturated heterocycles. The Morgan fingerprint density at radius 2 is 1.81 bits per heavy atom. The van der Waals surface area contributed by atoms with Crippen molar-refractivity contribution in [3.8, 4) is 11.4 Å². The highest BCUT2D eigenvalue weighted by molar-refractivity contribution is 9.10. The topological polar surface area (TPSA) is 122 Å². The van der Waals surface area contributed by atoms with Crippen LogP contribution in [0.4, 0.5) is 0 Å². The molecule has 1 aliphatic heterocycles. The number of carboxylic acid groups (broad SMARTS) is 1. The number of aliphatic carboxylic acids is 1. The monoisotopic (exact) mass is 496 g/mol. The summed E-state index contributed by atoms with van der Waals surface area (Å²) in [5.41, 5.74) is 5.51. The van der Waals surface area contributed by atoms with Crippen LogP contribution in [0.15, 0.2) is 51.2 Å². The summed E-state index contributed by atoms with van der Waals surface area (Å²) in [6, 6.07) is 9.78. The van der Waals surface area contributed by atoms with E-state index < -0.39 is 5.97 Å². The summed E-state index contributed by atoms with van der Waals surface area (Å²) in [7, 11) is 0. The lowest BCUT2D eigenvalue weighted by atomic mass is 10.1. The van der Waals surface area contributed by atoms with Crippen LogP contribution in [0.1, 0.15) is 36.6 Å². The molecule has 0 bridgehead atoms. The van der Waals surface area contributed by atoms with Gasteiger partial charge in [-0.05, 0) is 50.5 Å². The van der Waals surface area contributed by atoms with Gasteiger partial charge in [-0.15, -0.1) is 15.3 Å². The number of hydrazone groups is 2. The van der Waals surface area contributed by atoms with Crippen molar-refractivity contribution in [3.63, 3.8) is 0 Å². The van der Waals surface area contributed by atoms with E-state index in [2.05, 4.69) is 52.7 Å². The average molecular weight is 497 g/mol. The second kappa shape index (κ2) is 9.35. The number of benzene rings is 1. The van der Waals surface area contributed by atoms with Crippen molar-refractivity contribution in [3.05, 3.63) is 57.8 Å². The first-order valence-electron chi connectivity index (χ1n) is 9.98. The van der Waals surface area contributed by atoms with Crippen LogP contribution >= 0.6 is 15.9 Å². The molecule has 0 aliphatic carbocycles. The van der Waals surface area contributed by atoms with Crippen LogP contribution in [0.3, 0.4) is 0 Å². The van der Waals surface area contributed by atoms with Crippen molar-refractivity contribution < 1.29 is 9.90 Å². The summed E-state index contributed by atoms with van der Waals surface area (Å²) >= 11 is 3.57. The lowest BCUT2D eigenvalue weighted by Gasteiger charge is -2.10. The normalized spacial score (nSPS) is 14.0. The maximum absolute atomic E-state index is 11.1. The highest BCUT2D eigenvalue weighted by Crippen LogP contribution is 2.20. The van der Waals surface area contributed by atoms with Gasteiger partial charge in [-0.2, -0.15) is 15.3 Å². The molecule has 1 aliphatic rings. The zero-order valence-electron chi connectivity index (χ0n) is 17.6. The second-order valence-electron chi connectivity index (χ2n) is 7.51. The van der Waals surface area contributed by atoms with Gasteiger partial charge < -0.3 is 5.11 Å². The Balaban J connectivity index is 1.51. The Hall–Kier alpha value is -3.47. The summed E-state index contributed by atoms with van der Waals surface area (Å²) in [5.74, 6) is -1.01. The minimum absolute atomic E-state index is 0.313. The quantitative estimate of drug-likeness (QED) is 0.555. The third kappa shape index (κ3) is 5.22. The maximum atomic E-state index is 11.1. The molecule has 2 aromatic heterocycles. The Labute approximate surface area is 192 Å². The smallest absolute Gasteiger partial charge is 0.327 e. The number of halogens is 1. The van der Waals surface area contributed by atoms with Gasteiger partial charge in [0.25, 0.3) is 0 Å². The van der Waals surface area contributed by atoms with E-state index in [1.807, 2.05) is 38.2 Å². The van der Waals surface area contributed by atoms with Gasteiger partial charge >= 0.3 is 5.97 Å². The molecule has 3 heterocycles. The van der Waals surface area contributed by atoms with Crippen LogP contribution in [-0.2, 0) is 11.3 Å². The fraction of sp³-hybridized carbons (Fsp3) is 0.286. The van der Waals surface area contributed by atoms with Crippen LogP contribution in [0.25, 0.3) is 11.4 Å². The average Bonchev–Trinajstić information content (AvgIpc) is 3.14. The number of carbonyl (C=O) groups is 1. The SMILES string of the molecule is CC1=NN(CC(=O)O)N=C(c2ccc(-c3cn(Cc4cc(C)ccc4Br)nn3)nn2)CC1. The first-order chi connectivity index (χ1) is 15.4. The van der Waals surface area contributed by atoms with Gasteiger partial charge in [0.05, 0.1) is 18.5 Å². The van der Waals surface area contributed by atoms with Crippen LogP contribution < -0.4 is 0 Å². The van der Waals surface area contributed by atoms with E-state index in [-0.39, 0.29) is 6.54 Å². The number of aryl methyl sites for hydroxylation is 1. The minimum Gasteiger partial charge on any atom is -0.480 e. The van der Waals surface area contributed by atoms with Gasteiger partial charge in [0.2, 0.25) is 0 Å². The molecule has 11 heteroatoms. The molecule has 10 nitrogen and oxygen atoms in total. The van der Waals surface area contributed by atoms with Crippen LogP contribution in [0.2, 0.25) is 0 Å². The second-order valence-corrected chi connectivity index (χ2v) is 8.36. The number of nitrogens with zero attached hydrogens (tertiary/aromatic N) is 8. The van der Waals surface area contributed by atoms with Crippen LogP contribution in [-0.4, -0.2) is 59.4 Å². The van der Waals surface area contributed by atoms with Gasteiger partial charge in [0.15, 0.2) is 6.54 Å². The van der Waals surface area contributed by atoms with Gasteiger partial charge in [-0.3, -0.25) is 4.79 Å². The van der Waals surface area contributed by atoms with E-state index in [1.165, 1.54) is 10.7 Å². The summed E-state index contributed by atoms with van der Waals surface area (Å²) in [6.45, 7) is 4.16. The number of hydrogen-bond donors (Lipinski definition) is 1. The zero-order chi connectivity index (χ0) is 22.7. The largest absolute Gasteiger partial charge is 0.480 e. The molecule has 32 heavy (non-hydrogen) atoms. The Morgan fingerprint density at radius 3 is 2.56 bits per heavy atom. The van der Waals surface area contributed by atoms with E-state index in [1.54, 1.807) is 10.7 Å². The molecule has 0 saturated carbocycles. The summed E-state index contributed by atoms with van der Waals surface area (Å²) < 4.78 is 2.77. The van der Waals surface area contributed by atoms with Crippen molar-refractivity contribution in [2.75, 3.05) is 6.54 Å².